The van der Waals surface area contributed by atoms with Gasteiger partial charge in [-0.25, -0.2) is 4.79 Å². The normalized spacial score (nSPS) is 27.8. The van der Waals surface area contributed by atoms with E-state index in [2.05, 4.69) is 6.92 Å². The molecular weight excluding hydrogens is 204 g/mol. The predicted molar refractivity (Wildman–Crippen MR) is 63.3 cm³/mol. The minimum absolute atomic E-state index is 0.0396. The Labute approximate surface area is 98.5 Å². The Kier molecular flexibility index (Phi) is 5.26. The van der Waals surface area contributed by atoms with Crippen LogP contribution in [0.5, 0.6) is 0 Å². The fraction of sp³-hybridized carbons (Fsp3) is 0.923. The van der Waals surface area contributed by atoms with Crippen molar-refractivity contribution >= 4 is 5.97 Å². The topological polar surface area (TPSA) is 38.8 Å². The molecule has 1 aliphatic heterocycles. The summed E-state index contributed by atoms with van der Waals surface area (Å²) in [5.41, 5.74) is -0.595. The van der Waals surface area contributed by atoms with Gasteiger partial charge in [0, 0.05) is 0 Å². The van der Waals surface area contributed by atoms with Gasteiger partial charge in [-0.2, -0.15) is 0 Å². The van der Waals surface area contributed by atoms with E-state index in [9.17, 15) is 4.79 Å². The second-order valence-corrected chi connectivity index (χ2v) is 4.53. The van der Waals surface area contributed by atoms with Gasteiger partial charge in [-0.3, -0.25) is 0 Å². The van der Waals surface area contributed by atoms with Crippen LogP contribution in [0.2, 0.25) is 0 Å². The van der Waals surface area contributed by atoms with E-state index in [1.54, 1.807) is 0 Å². The Bertz CT molecular complexity index is 227. The first-order chi connectivity index (χ1) is 7.67. The highest BCUT2D eigenvalue weighted by Gasteiger charge is 2.60. The van der Waals surface area contributed by atoms with Gasteiger partial charge in [-0.15, -0.1) is 0 Å². The van der Waals surface area contributed by atoms with Gasteiger partial charge in [0.25, 0.3) is 0 Å². The van der Waals surface area contributed by atoms with Crippen LogP contribution in [0.3, 0.4) is 0 Å². The second kappa shape index (κ2) is 6.24. The predicted octanol–water partition coefficient (Wildman–Crippen LogP) is 3.07. The largest absolute Gasteiger partial charge is 0.464 e. The summed E-state index contributed by atoms with van der Waals surface area (Å²) in [5.74, 6) is -0.169. The minimum atomic E-state index is -0.595. The molecule has 0 aromatic heterocycles. The molecule has 1 fully saturated rings. The van der Waals surface area contributed by atoms with Gasteiger partial charge in [0.15, 0.2) is 5.60 Å². The Morgan fingerprint density at radius 1 is 1.25 bits per heavy atom. The van der Waals surface area contributed by atoms with Crippen molar-refractivity contribution in [3.8, 4) is 0 Å². The number of hydrogen-bond donors (Lipinski definition) is 0. The number of esters is 1. The molecule has 1 heterocycles. The smallest absolute Gasteiger partial charge is 0.341 e. The van der Waals surface area contributed by atoms with Gasteiger partial charge in [-0.1, -0.05) is 32.6 Å². The molecule has 3 heteroatoms. The first-order valence-electron chi connectivity index (χ1n) is 6.52. The molecule has 1 saturated heterocycles. The lowest BCUT2D eigenvalue weighted by molar-refractivity contribution is -0.149. The molecule has 2 unspecified atom stereocenters. The van der Waals surface area contributed by atoms with E-state index in [4.69, 9.17) is 9.47 Å². The van der Waals surface area contributed by atoms with E-state index >= 15 is 0 Å². The van der Waals surface area contributed by atoms with Gasteiger partial charge < -0.3 is 9.47 Å². The Morgan fingerprint density at radius 2 is 1.88 bits per heavy atom. The van der Waals surface area contributed by atoms with Crippen LogP contribution >= 0.6 is 0 Å². The first kappa shape index (κ1) is 13.5. The summed E-state index contributed by atoms with van der Waals surface area (Å²) in [7, 11) is 0. The SMILES string of the molecule is CCCCCCCC1(C(=O)OCC)OC1C. The molecule has 1 rings (SSSR count). The lowest BCUT2D eigenvalue weighted by atomic mass is 9.97. The second-order valence-electron chi connectivity index (χ2n) is 4.53. The molecule has 16 heavy (non-hydrogen) atoms. The van der Waals surface area contributed by atoms with E-state index in [1.165, 1.54) is 25.7 Å². The Hall–Kier alpha value is -0.570. The summed E-state index contributed by atoms with van der Waals surface area (Å²) in [4.78, 5) is 11.7. The zero-order valence-corrected chi connectivity index (χ0v) is 10.8. The van der Waals surface area contributed by atoms with E-state index in [0.717, 1.165) is 12.8 Å². The van der Waals surface area contributed by atoms with Crippen LogP contribution in [0.15, 0.2) is 0 Å². The highest BCUT2D eigenvalue weighted by atomic mass is 16.7. The molecule has 0 saturated carbocycles. The average molecular weight is 228 g/mol. The molecule has 0 aliphatic carbocycles. The van der Waals surface area contributed by atoms with Crippen LogP contribution in [0.1, 0.15) is 59.3 Å². The molecule has 0 radical (unpaired) electrons. The average Bonchev–Trinajstić information content (AvgIpc) is 2.91. The highest BCUT2D eigenvalue weighted by molar-refractivity contribution is 5.83. The number of rotatable bonds is 8. The van der Waals surface area contributed by atoms with E-state index in [0.29, 0.717) is 6.61 Å². The van der Waals surface area contributed by atoms with Crippen LogP contribution in [0.4, 0.5) is 0 Å². The molecule has 0 aromatic carbocycles. The van der Waals surface area contributed by atoms with Gasteiger partial charge in [0.2, 0.25) is 0 Å². The maximum atomic E-state index is 11.7. The molecule has 94 valence electrons. The molecular formula is C13H24O3. The minimum Gasteiger partial charge on any atom is -0.464 e. The van der Waals surface area contributed by atoms with Gasteiger partial charge in [-0.05, 0) is 26.7 Å². The summed E-state index contributed by atoms with van der Waals surface area (Å²) in [6.07, 6.45) is 6.88. The summed E-state index contributed by atoms with van der Waals surface area (Å²) in [6, 6.07) is 0. The highest BCUT2D eigenvalue weighted by Crippen LogP contribution is 2.42. The fourth-order valence-corrected chi connectivity index (χ4v) is 2.10. The number of carbonyl (C=O) groups is 1. The van der Waals surface area contributed by atoms with E-state index in [1.807, 2.05) is 13.8 Å². The first-order valence-corrected chi connectivity index (χ1v) is 6.52. The van der Waals surface area contributed by atoms with Crippen LogP contribution in [0.25, 0.3) is 0 Å². The van der Waals surface area contributed by atoms with E-state index in [-0.39, 0.29) is 12.1 Å². The van der Waals surface area contributed by atoms with Gasteiger partial charge in [0.1, 0.15) is 0 Å². The standard InChI is InChI=1S/C13H24O3/c1-4-6-7-8-9-10-13(11(3)16-13)12(14)15-5-2/h11H,4-10H2,1-3H3. The molecule has 0 bridgehead atoms. The van der Waals surface area contributed by atoms with Crippen molar-refractivity contribution in [2.24, 2.45) is 0 Å². The molecule has 3 nitrogen and oxygen atoms in total. The van der Waals surface area contributed by atoms with Crippen LogP contribution in [-0.2, 0) is 14.3 Å². The summed E-state index contributed by atoms with van der Waals surface area (Å²) in [6.45, 7) is 6.42. The quantitative estimate of drug-likeness (QED) is 0.364. The van der Waals surface area contributed by atoms with Crippen LogP contribution < -0.4 is 0 Å². The number of unbranched alkanes of at least 4 members (excludes halogenated alkanes) is 4. The zero-order chi connectivity index (χ0) is 12.0. The molecule has 2 atom stereocenters. The number of epoxide rings is 1. The third-order valence-corrected chi connectivity index (χ3v) is 3.26. The van der Waals surface area contributed by atoms with Crippen molar-refractivity contribution in [1.29, 1.82) is 0 Å². The van der Waals surface area contributed by atoms with Crippen molar-refractivity contribution in [2.45, 2.75) is 71.0 Å². The summed E-state index contributed by atoms with van der Waals surface area (Å²) in [5, 5.41) is 0. The van der Waals surface area contributed by atoms with Crippen molar-refractivity contribution in [3.63, 3.8) is 0 Å². The number of ether oxygens (including phenoxy) is 2. The Morgan fingerprint density at radius 3 is 2.38 bits per heavy atom. The van der Waals surface area contributed by atoms with Crippen molar-refractivity contribution in [3.05, 3.63) is 0 Å². The molecule has 0 spiro atoms. The van der Waals surface area contributed by atoms with Gasteiger partial charge in [0.05, 0.1) is 12.7 Å². The molecule has 0 N–H and O–H groups in total. The monoisotopic (exact) mass is 228 g/mol. The summed E-state index contributed by atoms with van der Waals surface area (Å²) < 4.78 is 10.5. The zero-order valence-electron chi connectivity index (χ0n) is 10.8. The lowest BCUT2D eigenvalue weighted by Gasteiger charge is -2.11. The van der Waals surface area contributed by atoms with Crippen LogP contribution in [0, 0.1) is 0 Å². The number of carbonyl (C=O) groups excluding carboxylic acids is 1. The van der Waals surface area contributed by atoms with Crippen molar-refractivity contribution in [2.75, 3.05) is 6.61 Å². The summed E-state index contributed by atoms with van der Waals surface area (Å²) >= 11 is 0. The van der Waals surface area contributed by atoms with Crippen LogP contribution in [-0.4, -0.2) is 24.3 Å². The maximum Gasteiger partial charge on any atom is 0.341 e. The molecule has 0 aromatic rings. The lowest BCUT2D eigenvalue weighted by Crippen LogP contribution is -2.29. The maximum absolute atomic E-state index is 11.7. The van der Waals surface area contributed by atoms with Gasteiger partial charge >= 0.3 is 5.97 Å². The van der Waals surface area contributed by atoms with Crippen molar-refractivity contribution in [1.82, 2.24) is 0 Å². The molecule has 1 aliphatic rings. The Balaban J connectivity index is 2.24. The van der Waals surface area contributed by atoms with E-state index < -0.39 is 5.60 Å². The third kappa shape index (κ3) is 3.21. The third-order valence-electron chi connectivity index (χ3n) is 3.26. The fourth-order valence-electron chi connectivity index (χ4n) is 2.10. The number of hydrogen-bond acceptors (Lipinski definition) is 3. The van der Waals surface area contributed by atoms with Crippen molar-refractivity contribution < 1.29 is 14.3 Å². The molecule has 0 amide bonds.